The second-order valence-corrected chi connectivity index (χ2v) is 4.71. The van der Waals surface area contributed by atoms with Gasteiger partial charge in [0.1, 0.15) is 11.6 Å². The van der Waals surface area contributed by atoms with Gasteiger partial charge in [-0.1, -0.05) is 17.7 Å². The Morgan fingerprint density at radius 1 is 1.50 bits per heavy atom. The lowest BCUT2D eigenvalue weighted by atomic mass is 10.1. The highest BCUT2D eigenvalue weighted by Gasteiger charge is 2.15. The van der Waals surface area contributed by atoms with Gasteiger partial charge in [-0.2, -0.15) is 8.42 Å². The Morgan fingerprint density at radius 2 is 2.07 bits per heavy atom. The van der Waals surface area contributed by atoms with E-state index < -0.39 is 21.7 Å². The maximum Gasteiger partial charge on any atom is 0.269 e. The molecule has 1 N–H and O–H groups in total. The predicted octanol–water partition coefficient (Wildman–Crippen LogP) is 2.18. The van der Waals surface area contributed by atoms with Gasteiger partial charge in [0.2, 0.25) is 0 Å². The van der Waals surface area contributed by atoms with Crippen LogP contribution in [0.3, 0.4) is 0 Å². The quantitative estimate of drug-likeness (QED) is 0.804. The minimum Gasteiger partial charge on any atom is -0.285 e. The molecule has 6 heteroatoms. The molecular weight excluding hydrogens is 231 g/mol. The van der Waals surface area contributed by atoms with E-state index in [2.05, 4.69) is 0 Å². The second-order valence-electron chi connectivity index (χ2n) is 2.88. The van der Waals surface area contributed by atoms with Crippen molar-refractivity contribution in [2.75, 3.05) is 0 Å². The van der Waals surface area contributed by atoms with E-state index in [0.717, 1.165) is 6.07 Å². The van der Waals surface area contributed by atoms with Gasteiger partial charge in [-0.3, -0.25) is 4.55 Å². The monoisotopic (exact) mass is 238 g/mol. The van der Waals surface area contributed by atoms with Crippen molar-refractivity contribution in [1.82, 2.24) is 0 Å². The van der Waals surface area contributed by atoms with E-state index in [0.29, 0.717) is 5.56 Å². The van der Waals surface area contributed by atoms with Gasteiger partial charge in [0, 0.05) is 5.56 Å². The van der Waals surface area contributed by atoms with Gasteiger partial charge in [-0.05, 0) is 18.6 Å². The van der Waals surface area contributed by atoms with E-state index >= 15 is 0 Å². The van der Waals surface area contributed by atoms with E-state index in [9.17, 15) is 12.8 Å². The average Bonchev–Trinajstić information content (AvgIpc) is 2.04. The minimum absolute atomic E-state index is 0.0302. The third-order valence-electron chi connectivity index (χ3n) is 1.71. The van der Waals surface area contributed by atoms with E-state index in [1.165, 1.54) is 6.07 Å². The van der Waals surface area contributed by atoms with E-state index in [1.807, 2.05) is 0 Å². The lowest BCUT2D eigenvalue weighted by Crippen LogP contribution is -2.05. The fraction of sp³-hybridized carbons (Fsp3) is 0.250. The molecular formula is C8H8ClFO3S. The lowest BCUT2D eigenvalue weighted by molar-refractivity contribution is 0.480. The molecule has 0 heterocycles. The summed E-state index contributed by atoms with van der Waals surface area (Å²) in [5.74, 6) is -1.54. The van der Waals surface area contributed by atoms with Crippen molar-refractivity contribution < 1.29 is 17.4 Å². The van der Waals surface area contributed by atoms with Crippen LogP contribution in [-0.4, -0.2) is 13.0 Å². The molecule has 0 saturated carbocycles. The van der Waals surface area contributed by atoms with Crippen LogP contribution in [-0.2, 0) is 15.9 Å². The molecule has 0 aliphatic heterocycles. The van der Waals surface area contributed by atoms with Gasteiger partial charge >= 0.3 is 0 Å². The van der Waals surface area contributed by atoms with Crippen LogP contribution in [0, 0.1) is 12.7 Å². The SMILES string of the molecule is Cc1ccc(F)c(CS(=O)(=O)O)c1Cl. The molecule has 0 fully saturated rings. The fourth-order valence-corrected chi connectivity index (χ4v) is 1.98. The van der Waals surface area contributed by atoms with Crippen LogP contribution < -0.4 is 0 Å². The summed E-state index contributed by atoms with van der Waals surface area (Å²) in [6.45, 7) is 1.62. The second kappa shape index (κ2) is 3.84. The maximum absolute atomic E-state index is 13.1. The molecule has 0 unspecified atom stereocenters. The molecule has 0 aromatic heterocycles. The Kier molecular flexibility index (Phi) is 3.14. The van der Waals surface area contributed by atoms with Crippen molar-refractivity contribution in [3.63, 3.8) is 0 Å². The van der Waals surface area contributed by atoms with Crippen molar-refractivity contribution in [3.8, 4) is 0 Å². The first-order valence-electron chi connectivity index (χ1n) is 3.70. The maximum atomic E-state index is 13.1. The lowest BCUT2D eigenvalue weighted by Gasteiger charge is -2.06. The number of hydrogen-bond donors (Lipinski definition) is 1. The Balaban J connectivity index is 3.27. The van der Waals surface area contributed by atoms with Gasteiger partial charge in [0.15, 0.2) is 0 Å². The first kappa shape index (κ1) is 11.4. The zero-order chi connectivity index (χ0) is 10.9. The summed E-state index contributed by atoms with van der Waals surface area (Å²) < 4.78 is 42.8. The molecule has 14 heavy (non-hydrogen) atoms. The first-order chi connectivity index (χ1) is 6.31. The molecule has 1 rings (SSSR count). The van der Waals surface area contributed by atoms with Crippen molar-refractivity contribution in [3.05, 3.63) is 34.1 Å². The summed E-state index contributed by atoms with van der Waals surface area (Å²) in [7, 11) is -4.26. The summed E-state index contributed by atoms with van der Waals surface area (Å²) in [6.07, 6.45) is 0. The third kappa shape index (κ3) is 2.67. The number of rotatable bonds is 2. The molecule has 1 aromatic rings. The highest BCUT2D eigenvalue weighted by molar-refractivity contribution is 7.85. The number of hydrogen-bond acceptors (Lipinski definition) is 2. The predicted molar refractivity (Wildman–Crippen MR) is 51.4 cm³/mol. The Labute approximate surface area is 86.3 Å². The smallest absolute Gasteiger partial charge is 0.269 e. The Bertz CT molecular complexity index is 456. The van der Waals surface area contributed by atoms with Gasteiger partial charge in [0.25, 0.3) is 10.1 Å². The van der Waals surface area contributed by atoms with Crippen LogP contribution in [0.5, 0.6) is 0 Å². The molecule has 0 radical (unpaired) electrons. The third-order valence-corrected chi connectivity index (χ3v) is 2.89. The van der Waals surface area contributed by atoms with Crippen LogP contribution in [0.2, 0.25) is 5.02 Å². The van der Waals surface area contributed by atoms with Crippen molar-refractivity contribution in [1.29, 1.82) is 0 Å². The molecule has 0 saturated heterocycles. The highest BCUT2D eigenvalue weighted by atomic mass is 35.5. The molecule has 0 bridgehead atoms. The van der Waals surface area contributed by atoms with Crippen LogP contribution in [0.1, 0.15) is 11.1 Å². The molecule has 3 nitrogen and oxygen atoms in total. The summed E-state index contributed by atoms with van der Waals surface area (Å²) >= 11 is 5.69. The number of benzene rings is 1. The standard InChI is InChI=1S/C8H8ClFO3S/c1-5-2-3-7(10)6(8(5)9)4-14(11,12)13/h2-3H,4H2,1H3,(H,11,12,13). The van der Waals surface area contributed by atoms with Crippen LogP contribution >= 0.6 is 11.6 Å². The largest absolute Gasteiger partial charge is 0.285 e. The van der Waals surface area contributed by atoms with E-state index in [1.54, 1.807) is 6.92 Å². The number of aryl methyl sites for hydroxylation is 1. The van der Waals surface area contributed by atoms with Gasteiger partial charge < -0.3 is 0 Å². The Morgan fingerprint density at radius 3 is 2.57 bits per heavy atom. The Hall–Kier alpha value is -0.650. The highest BCUT2D eigenvalue weighted by Crippen LogP contribution is 2.24. The molecule has 0 spiro atoms. The summed E-state index contributed by atoms with van der Waals surface area (Å²) in [6, 6.07) is 2.55. The first-order valence-corrected chi connectivity index (χ1v) is 5.68. The van der Waals surface area contributed by atoms with Crippen molar-refractivity contribution in [2.24, 2.45) is 0 Å². The van der Waals surface area contributed by atoms with Crippen LogP contribution in [0.25, 0.3) is 0 Å². The molecule has 78 valence electrons. The summed E-state index contributed by atoms with van der Waals surface area (Å²) in [4.78, 5) is 0. The van der Waals surface area contributed by atoms with Gasteiger partial charge in [-0.25, -0.2) is 4.39 Å². The summed E-state index contributed by atoms with van der Waals surface area (Å²) in [5.41, 5.74) is 0.362. The molecule has 0 atom stereocenters. The molecule has 0 aliphatic carbocycles. The molecule has 1 aromatic carbocycles. The molecule has 0 aliphatic rings. The van der Waals surface area contributed by atoms with E-state index in [4.69, 9.17) is 16.2 Å². The number of halogens is 2. The van der Waals surface area contributed by atoms with Crippen LogP contribution in [0.4, 0.5) is 4.39 Å². The topological polar surface area (TPSA) is 54.4 Å². The van der Waals surface area contributed by atoms with Gasteiger partial charge in [0.05, 0.1) is 5.02 Å². The van der Waals surface area contributed by atoms with Gasteiger partial charge in [-0.15, -0.1) is 0 Å². The average molecular weight is 239 g/mol. The zero-order valence-electron chi connectivity index (χ0n) is 7.29. The zero-order valence-corrected chi connectivity index (χ0v) is 8.86. The molecule has 0 amide bonds. The van der Waals surface area contributed by atoms with Crippen molar-refractivity contribution >= 4 is 21.7 Å². The van der Waals surface area contributed by atoms with E-state index in [-0.39, 0.29) is 10.6 Å². The normalized spacial score (nSPS) is 11.7. The fourth-order valence-electron chi connectivity index (χ4n) is 1.03. The van der Waals surface area contributed by atoms with Crippen LogP contribution in [0.15, 0.2) is 12.1 Å². The van der Waals surface area contributed by atoms with Crippen molar-refractivity contribution in [2.45, 2.75) is 12.7 Å². The summed E-state index contributed by atoms with van der Waals surface area (Å²) in [5, 5.41) is 0.0302. The minimum atomic E-state index is -4.26.